The van der Waals surface area contributed by atoms with Gasteiger partial charge in [0.2, 0.25) is 5.91 Å². The van der Waals surface area contributed by atoms with Crippen molar-refractivity contribution in [1.82, 2.24) is 9.78 Å². The maximum Gasteiger partial charge on any atom is 0.387 e. The molecule has 1 fully saturated rings. The smallest absolute Gasteiger partial charge is 0.387 e. The standard InChI is InChI=1S/C18H19F2N3O3/c19-18(20)26-15-6-3-13(4-7-15)5-8-17(24)22-14-10-21-23(11-14)12-16-2-1-9-25-16/h3-8,10-11,16,18H,1-2,9,12H2,(H,22,24)/b8-5-/t16-/m0/s1. The van der Waals surface area contributed by atoms with E-state index in [-0.39, 0.29) is 17.8 Å². The van der Waals surface area contributed by atoms with Gasteiger partial charge >= 0.3 is 6.61 Å². The number of ether oxygens (including phenoxy) is 2. The maximum absolute atomic E-state index is 12.1. The van der Waals surface area contributed by atoms with E-state index in [4.69, 9.17) is 4.74 Å². The highest BCUT2D eigenvalue weighted by atomic mass is 19.3. The summed E-state index contributed by atoms with van der Waals surface area (Å²) in [6.45, 7) is -1.41. The van der Waals surface area contributed by atoms with Crippen LogP contribution < -0.4 is 10.1 Å². The highest BCUT2D eigenvalue weighted by Crippen LogP contribution is 2.16. The van der Waals surface area contributed by atoms with Crippen molar-refractivity contribution in [3.05, 3.63) is 48.3 Å². The van der Waals surface area contributed by atoms with Crippen molar-refractivity contribution < 1.29 is 23.0 Å². The number of carbonyl (C=O) groups excluding carboxylic acids is 1. The van der Waals surface area contributed by atoms with Crippen molar-refractivity contribution in [2.45, 2.75) is 32.1 Å². The molecule has 1 saturated heterocycles. The summed E-state index contributed by atoms with van der Waals surface area (Å²) in [4.78, 5) is 12.0. The van der Waals surface area contributed by atoms with E-state index >= 15 is 0 Å². The Labute approximate surface area is 149 Å². The Balaban J connectivity index is 1.50. The molecule has 1 N–H and O–H groups in total. The molecule has 138 valence electrons. The predicted molar refractivity (Wildman–Crippen MR) is 91.9 cm³/mol. The molecule has 1 aromatic heterocycles. The van der Waals surface area contributed by atoms with Crippen LogP contribution in [0.4, 0.5) is 14.5 Å². The molecule has 0 saturated carbocycles. The van der Waals surface area contributed by atoms with Gasteiger partial charge in [-0.1, -0.05) is 12.1 Å². The van der Waals surface area contributed by atoms with Gasteiger partial charge in [-0.15, -0.1) is 0 Å². The predicted octanol–water partition coefficient (Wildman–Crippen LogP) is 3.32. The first-order valence-corrected chi connectivity index (χ1v) is 8.26. The second-order valence-electron chi connectivity index (χ2n) is 5.86. The number of rotatable bonds is 7. The van der Waals surface area contributed by atoms with Crippen LogP contribution in [0.5, 0.6) is 5.75 Å². The van der Waals surface area contributed by atoms with Crippen LogP contribution in [0.2, 0.25) is 0 Å². The number of hydrogen-bond acceptors (Lipinski definition) is 4. The average molecular weight is 363 g/mol. The Hall–Kier alpha value is -2.74. The number of carbonyl (C=O) groups is 1. The molecule has 3 rings (SSSR count). The zero-order valence-corrected chi connectivity index (χ0v) is 14.0. The highest BCUT2D eigenvalue weighted by Gasteiger charge is 2.16. The molecule has 1 atom stereocenters. The fourth-order valence-electron chi connectivity index (χ4n) is 2.64. The van der Waals surface area contributed by atoms with Crippen LogP contribution in [0.15, 0.2) is 42.7 Å². The van der Waals surface area contributed by atoms with E-state index in [1.54, 1.807) is 35.3 Å². The summed E-state index contributed by atoms with van der Waals surface area (Å²) in [6, 6.07) is 6.00. The number of anilines is 1. The quantitative estimate of drug-likeness (QED) is 0.767. The zero-order valence-electron chi connectivity index (χ0n) is 14.0. The average Bonchev–Trinajstić information content (AvgIpc) is 3.26. The monoisotopic (exact) mass is 363 g/mol. The third-order valence-electron chi connectivity index (χ3n) is 3.85. The van der Waals surface area contributed by atoms with Gasteiger partial charge in [-0.05, 0) is 36.6 Å². The Bertz CT molecular complexity index is 753. The number of benzene rings is 1. The summed E-state index contributed by atoms with van der Waals surface area (Å²) < 4.78 is 35.8. The molecule has 6 nitrogen and oxygen atoms in total. The molecule has 2 aromatic rings. The maximum atomic E-state index is 12.1. The SMILES string of the molecule is O=C(/C=C\c1ccc(OC(F)F)cc1)Nc1cnn(C[C@@H]2CCCO2)c1. The van der Waals surface area contributed by atoms with Crippen molar-refractivity contribution >= 4 is 17.7 Å². The van der Waals surface area contributed by atoms with Gasteiger partial charge in [0.15, 0.2) is 0 Å². The van der Waals surface area contributed by atoms with E-state index in [0.29, 0.717) is 17.8 Å². The van der Waals surface area contributed by atoms with E-state index < -0.39 is 6.61 Å². The van der Waals surface area contributed by atoms with E-state index in [2.05, 4.69) is 15.2 Å². The molecule has 0 unspecified atom stereocenters. The van der Waals surface area contributed by atoms with Crippen LogP contribution in [0, 0.1) is 0 Å². The number of nitrogens with one attached hydrogen (secondary N) is 1. The lowest BCUT2D eigenvalue weighted by molar-refractivity contribution is -0.111. The van der Waals surface area contributed by atoms with Gasteiger partial charge in [0, 0.05) is 18.9 Å². The number of alkyl halides is 2. The molecule has 1 aromatic carbocycles. The van der Waals surface area contributed by atoms with Crippen molar-refractivity contribution in [3.63, 3.8) is 0 Å². The van der Waals surface area contributed by atoms with E-state index in [1.165, 1.54) is 18.2 Å². The van der Waals surface area contributed by atoms with E-state index in [9.17, 15) is 13.6 Å². The molecule has 1 aliphatic rings. The first-order valence-electron chi connectivity index (χ1n) is 8.26. The van der Waals surface area contributed by atoms with Gasteiger partial charge in [0.05, 0.1) is 24.5 Å². The van der Waals surface area contributed by atoms with E-state index in [1.807, 2.05) is 0 Å². The molecule has 26 heavy (non-hydrogen) atoms. The molecular formula is C18H19F2N3O3. The minimum Gasteiger partial charge on any atom is -0.435 e. The molecule has 8 heteroatoms. The van der Waals surface area contributed by atoms with Gasteiger partial charge < -0.3 is 14.8 Å². The first-order chi connectivity index (χ1) is 12.6. The summed E-state index contributed by atoms with van der Waals surface area (Å²) >= 11 is 0. The summed E-state index contributed by atoms with van der Waals surface area (Å²) in [6.07, 6.45) is 8.54. The van der Waals surface area contributed by atoms with Gasteiger partial charge in [0.25, 0.3) is 0 Å². The second-order valence-corrected chi connectivity index (χ2v) is 5.86. The van der Waals surface area contributed by atoms with Crippen LogP contribution in [-0.2, 0) is 16.1 Å². The minimum atomic E-state index is -2.86. The lowest BCUT2D eigenvalue weighted by Crippen LogP contribution is -2.15. The molecule has 0 bridgehead atoms. The Morgan fingerprint density at radius 2 is 2.23 bits per heavy atom. The number of aromatic nitrogens is 2. The van der Waals surface area contributed by atoms with Crippen molar-refractivity contribution in [3.8, 4) is 5.75 Å². The molecule has 1 aliphatic heterocycles. The number of hydrogen-bond donors (Lipinski definition) is 1. The molecule has 2 heterocycles. The largest absolute Gasteiger partial charge is 0.435 e. The third-order valence-corrected chi connectivity index (χ3v) is 3.85. The third kappa shape index (κ3) is 5.38. The minimum absolute atomic E-state index is 0.0697. The van der Waals surface area contributed by atoms with Crippen LogP contribution in [0.1, 0.15) is 18.4 Å². The fourth-order valence-corrected chi connectivity index (χ4v) is 2.64. The van der Waals surface area contributed by atoms with Crippen molar-refractivity contribution in [1.29, 1.82) is 0 Å². The zero-order chi connectivity index (χ0) is 18.4. The summed E-state index contributed by atoms with van der Waals surface area (Å²) in [7, 11) is 0. The highest BCUT2D eigenvalue weighted by molar-refractivity contribution is 6.01. The second kappa shape index (κ2) is 8.57. The van der Waals surface area contributed by atoms with Gasteiger partial charge in [-0.3, -0.25) is 9.48 Å². The topological polar surface area (TPSA) is 65.4 Å². The van der Waals surface area contributed by atoms with Crippen LogP contribution in [0.3, 0.4) is 0 Å². The Kier molecular flexibility index (Phi) is 5.96. The number of nitrogens with zero attached hydrogens (tertiary/aromatic N) is 2. The summed E-state index contributed by atoms with van der Waals surface area (Å²) in [5, 5.41) is 6.93. The molecular weight excluding hydrogens is 344 g/mol. The van der Waals surface area contributed by atoms with Crippen molar-refractivity contribution in [2.24, 2.45) is 0 Å². The first kappa shape index (κ1) is 18.1. The van der Waals surface area contributed by atoms with Crippen LogP contribution in [0.25, 0.3) is 6.08 Å². The molecule has 1 amide bonds. The number of amides is 1. The van der Waals surface area contributed by atoms with Gasteiger partial charge in [0.1, 0.15) is 5.75 Å². The fraction of sp³-hybridized carbons (Fsp3) is 0.333. The lowest BCUT2D eigenvalue weighted by Gasteiger charge is -2.08. The molecule has 0 spiro atoms. The van der Waals surface area contributed by atoms with Gasteiger partial charge in [-0.25, -0.2) is 0 Å². The van der Waals surface area contributed by atoms with Gasteiger partial charge in [-0.2, -0.15) is 13.9 Å². The lowest BCUT2D eigenvalue weighted by atomic mass is 10.2. The Morgan fingerprint density at radius 3 is 2.92 bits per heavy atom. The molecule has 0 radical (unpaired) electrons. The summed E-state index contributed by atoms with van der Waals surface area (Å²) in [5.74, 6) is -0.241. The normalized spacial score (nSPS) is 17.1. The van der Waals surface area contributed by atoms with E-state index in [0.717, 1.165) is 19.4 Å². The molecule has 0 aliphatic carbocycles. The van der Waals surface area contributed by atoms with Crippen LogP contribution >= 0.6 is 0 Å². The Morgan fingerprint density at radius 1 is 1.42 bits per heavy atom. The van der Waals surface area contributed by atoms with Crippen LogP contribution in [-0.4, -0.2) is 35.0 Å². The summed E-state index contributed by atoms with van der Waals surface area (Å²) in [5.41, 5.74) is 1.29. The number of halogens is 2. The van der Waals surface area contributed by atoms with Crippen molar-refractivity contribution in [2.75, 3.05) is 11.9 Å².